The van der Waals surface area contributed by atoms with Gasteiger partial charge in [0.1, 0.15) is 6.07 Å². The second-order valence-corrected chi connectivity index (χ2v) is 7.38. The van der Waals surface area contributed by atoms with Gasteiger partial charge in [-0.1, -0.05) is 36.0 Å². The average Bonchev–Trinajstić information content (AvgIpc) is 3.23. The lowest BCUT2D eigenvalue weighted by Gasteiger charge is -2.15. The summed E-state index contributed by atoms with van der Waals surface area (Å²) in [6.45, 7) is 1.97. The van der Waals surface area contributed by atoms with Gasteiger partial charge in [-0.3, -0.25) is 9.59 Å². The van der Waals surface area contributed by atoms with Crippen molar-refractivity contribution in [2.45, 2.75) is 29.1 Å². The molecule has 2 aromatic rings. The molecule has 0 radical (unpaired) electrons. The van der Waals surface area contributed by atoms with E-state index in [1.54, 1.807) is 12.1 Å². The van der Waals surface area contributed by atoms with Gasteiger partial charge in [0.05, 0.1) is 11.1 Å². The fourth-order valence-corrected chi connectivity index (χ4v) is 4.04. The predicted octanol–water partition coefficient (Wildman–Crippen LogP) is 3.45. The van der Waals surface area contributed by atoms with Crippen molar-refractivity contribution in [2.75, 3.05) is 19.6 Å². The van der Waals surface area contributed by atoms with Gasteiger partial charge < -0.3 is 10.2 Å². The van der Waals surface area contributed by atoms with Crippen molar-refractivity contribution in [3.8, 4) is 6.07 Å². The van der Waals surface area contributed by atoms with Gasteiger partial charge >= 0.3 is 0 Å². The lowest BCUT2D eigenvalue weighted by atomic mass is 10.2. The molecule has 0 atom stereocenters. The Kier molecular flexibility index (Phi) is 6.50. The summed E-state index contributed by atoms with van der Waals surface area (Å²) in [6, 6.07) is 16.8. The highest BCUT2D eigenvalue weighted by Gasteiger charge is 2.18. The maximum atomic E-state index is 12.6. The van der Waals surface area contributed by atoms with Crippen molar-refractivity contribution in [3.63, 3.8) is 0 Å². The number of nitrogens with zero attached hydrogens (tertiary/aromatic N) is 2. The van der Waals surface area contributed by atoms with Crippen LogP contribution in [0.15, 0.2) is 58.3 Å². The zero-order chi connectivity index (χ0) is 19.1. The smallest absolute Gasteiger partial charge is 0.252 e. The predicted molar refractivity (Wildman–Crippen MR) is 104 cm³/mol. The van der Waals surface area contributed by atoms with Gasteiger partial charge in [-0.05, 0) is 37.1 Å². The van der Waals surface area contributed by atoms with Crippen LogP contribution in [0.25, 0.3) is 0 Å². The highest BCUT2D eigenvalue weighted by molar-refractivity contribution is 7.99. The van der Waals surface area contributed by atoms with Crippen molar-refractivity contribution in [3.05, 3.63) is 59.7 Å². The summed E-state index contributed by atoms with van der Waals surface area (Å²) >= 11 is 1.40. The van der Waals surface area contributed by atoms with Gasteiger partial charge in [-0.2, -0.15) is 5.26 Å². The van der Waals surface area contributed by atoms with Gasteiger partial charge in [-0.15, -0.1) is 0 Å². The first-order valence-corrected chi connectivity index (χ1v) is 9.82. The molecule has 1 aliphatic rings. The Hall–Kier alpha value is -2.78. The van der Waals surface area contributed by atoms with E-state index in [2.05, 4.69) is 11.4 Å². The molecular weight excluding hydrogens is 358 g/mol. The molecule has 1 saturated heterocycles. The molecule has 138 valence electrons. The molecule has 1 heterocycles. The summed E-state index contributed by atoms with van der Waals surface area (Å²) in [5.41, 5.74) is 1.12. The molecule has 2 amide bonds. The van der Waals surface area contributed by atoms with Gasteiger partial charge in [0.25, 0.3) is 5.91 Å². The fourth-order valence-electron chi connectivity index (χ4n) is 3.01. The molecule has 27 heavy (non-hydrogen) atoms. The summed E-state index contributed by atoms with van der Waals surface area (Å²) in [6.07, 6.45) is 2.44. The lowest BCUT2D eigenvalue weighted by molar-refractivity contribution is -0.129. The van der Waals surface area contributed by atoms with Crippen molar-refractivity contribution >= 4 is 23.6 Å². The highest BCUT2D eigenvalue weighted by Crippen LogP contribution is 2.32. The standard InChI is InChI=1S/C21H21N3O2S/c22-15-16-7-1-3-9-18(16)27-19-10-4-2-8-17(19)21(26)23-12-11-20(25)24-13-5-6-14-24/h1-4,7-10H,5-6,11-14H2,(H,23,26). The number of benzene rings is 2. The third-order valence-electron chi connectivity index (χ3n) is 4.44. The number of likely N-dealkylation sites (tertiary alicyclic amines) is 1. The lowest BCUT2D eigenvalue weighted by Crippen LogP contribution is -2.32. The van der Waals surface area contributed by atoms with Crippen LogP contribution in [0.5, 0.6) is 0 Å². The zero-order valence-corrected chi connectivity index (χ0v) is 15.8. The number of nitrogens with one attached hydrogen (secondary N) is 1. The Labute approximate surface area is 163 Å². The first-order valence-electron chi connectivity index (χ1n) is 9.01. The third-order valence-corrected chi connectivity index (χ3v) is 5.59. The normalized spacial score (nSPS) is 13.2. The molecule has 1 N–H and O–H groups in total. The van der Waals surface area contributed by atoms with Crippen LogP contribution < -0.4 is 5.32 Å². The van der Waals surface area contributed by atoms with Crippen LogP contribution in [0, 0.1) is 11.3 Å². The largest absolute Gasteiger partial charge is 0.351 e. The molecular formula is C21H21N3O2S. The van der Waals surface area contributed by atoms with Crippen molar-refractivity contribution < 1.29 is 9.59 Å². The van der Waals surface area contributed by atoms with Crippen molar-refractivity contribution in [2.24, 2.45) is 0 Å². The van der Waals surface area contributed by atoms with E-state index in [0.29, 0.717) is 24.1 Å². The number of hydrogen-bond donors (Lipinski definition) is 1. The van der Waals surface area contributed by atoms with Gasteiger partial charge in [0.15, 0.2) is 0 Å². The van der Waals surface area contributed by atoms with Crippen LogP contribution in [0.3, 0.4) is 0 Å². The average molecular weight is 379 g/mol. The SMILES string of the molecule is N#Cc1ccccc1Sc1ccccc1C(=O)NCCC(=O)N1CCCC1. The molecule has 0 saturated carbocycles. The molecule has 0 bridgehead atoms. The van der Waals surface area contributed by atoms with E-state index in [0.717, 1.165) is 35.7 Å². The molecule has 0 aliphatic carbocycles. The molecule has 0 aromatic heterocycles. The molecule has 1 fully saturated rings. The molecule has 6 heteroatoms. The topological polar surface area (TPSA) is 73.2 Å². The number of rotatable bonds is 6. The van der Waals surface area contributed by atoms with Gasteiger partial charge in [0.2, 0.25) is 5.91 Å². The van der Waals surface area contributed by atoms with Crippen LogP contribution in [0.1, 0.15) is 35.2 Å². The Morgan fingerprint density at radius 3 is 2.44 bits per heavy atom. The van der Waals surface area contributed by atoms with Crippen LogP contribution in [0.4, 0.5) is 0 Å². The zero-order valence-electron chi connectivity index (χ0n) is 15.0. The maximum absolute atomic E-state index is 12.6. The van der Waals surface area contributed by atoms with Crippen molar-refractivity contribution in [1.82, 2.24) is 10.2 Å². The summed E-state index contributed by atoms with van der Waals surface area (Å²) in [4.78, 5) is 28.1. The second kappa shape index (κ2) is 9.24. The Morgan fingerprint density at radius 2 is 1.70 bits per heavy atom. The first kappa shape index (κ1) is 19.0. The maximum Gasteiger partial charge on any atom is 0.252 e. The van der Waals surface area contributed by atoms with E-state index in [1.165, 1.54) is 11.8 Å². The van der Waals surface area contributed by atoms with E-state index in [1.807, 2.05) is 41.3 Å². The molecule has 3 rings (SSSR count). The van der Waals surface area contributed by atoms with Crippen LogP contribution >= 0.6 is 11.8 Å². The second-order valence-electron chi connectivity index (χ2n) is 6.30. The van der Waals surface area contributed by atoms with E-state index >= 15 is 0 Å². The minimum absolute atomic E-state index is 0.0957. The minimum Gasteiger partial charge on any atom is -0.351 e. The molecule has 0 unspecified atom stereocenters. The first-order chi connectivity index (χ1) is 13.2. The number of hydrogen-bond acceptors (Lipinski definition) is 4. The third kappa shape index (κ3) is 4.89. The molecule has 5 nitrogen and oxygen atoms in total. The number of carbonyl (C=O) groups is 2. The van der Waals surface area contributed by atoms with Crippen LogP contribution in [-0.2, 0) is 4.79 Å². The summed E-state index contributed by atoms with van der Waals surface area (Å²) < 4.78 is 0. The molecule has 2 aromatic carbocycles. The summed E-state index contributed by atoms with van der Waals surface area (Å²) in [5, 5.41) is 12.1. The van der Waals surface area contributed by atoms with E-state index in [4.69, 9.17) is 0 Å². The van der Waals surface area contributed by atoms with E-state index in [-0.39, 0.29) is 11.8 Å². The van der Waals surface area contributed by atoms with Gasteiger partial charge in [-0.25, -0.2) is 0 Å². The van der Waals surface area contributed by atoms with Crippen molar-refractivity contribution in [1.29, 1.82) is 5.26 Å². The summed E-state index contributed by atoms with van der Waals surface area (Å²) in [5.74, 6) is -0.111. The minimum atomic E-state index is -0.207. The molecule has 0 spiro atoms. The van der Waals surface area contributed by atoms with Crippen LogP contribution in [-0.4, -0.2) is 36.3 Å². The fraction of sp³-hybridized carbons (Fsp3) is 0.286. The summed E-state index contributed by atoms with van der Waals surface area (Å²) in [7, 11) is 0. The van der Waals surface area contributed by atoms with Crippen LogP contribution in [0.2, 0.25) is 0 Å². The Balaban J connectivity index is 1.63. The van der Waals surface area contributed by atoms with E-state index in [9.17, 15) is 14.9 Å². The monoisotopic (exact) mass is 379 g/mol. The quantitative estimate of drug-likeness (QED) is 0.834. The van der Waals surface area contributed by atoms with Gasteiger partial charge in [0, 0.05) is 35.8 Å². The number of amides is 2. The number of nitriles is 1. The van der Waals surface area contributed by atoms with E-state index < -0.39 is 0 Å². The highest BCUT2D eigenvalue weighted by atomic mass is 32.2. The Morgan fingerprint density at radius 1 is 1.04 bits per heavy atom. The number of carbonyl (C=O) groups excluding carboxylic acids is 2. The molecule has 1 aliphatic heterocycles. The Bertz CT molecular complexity index is 870.